The van der Waals surface area contributed by atoms with Crippen molar-refractivity contribution in [3.63, 3.8) is 0 Å². The van der Waals surface area contributed by atoms with Crippen molar-refractivity contribution in [1.29, 1.82) is 0 Å². The summed E-state index contributed by atoms with van der Waals surface area (Å²) in [5.41, 5.74) is 1.99. The zero-order valence-electron chi connectivity index (χ0n) is 7.27. The molecular weight excluding hydrogens is 194 g/mol. The minimum Gasteiger partial charge on any atom is -0.277 e. The van der Waals surface area contributed by atoms with Gasteiger partial charge in [0.2, 0.25) is 0 Å². The second-order valence-corrected chi connectivity index (χ2v) is 3.85. The van der Waals surface area contributed by atoms with Crippen LogP contribution in [0, 0.1) is 0 Å². The predicted molar refractivity (Wildman–Crippen MR) is 57.2 cm³/mol. The number of benzene rings is 1. The van der Waals surface area contributed by atoms with Crippen LogP contribution in [0.25, 0.3) is 21.6 Å². The lowest BCUT2D eigenvalue weighted by Crippen LogP contribution is -1.75. The summed E-state index contributed by atoms with van der Waals surface area (Å²) in [7, 11) is 0. The molecule has 0 atom stereocenters. The summed E-state index contributed by atoms with van der Waals surface area (Å²) in [5.74, 6) is 0. The Morgan fingerprint density at radius 3 is 3.00 bits per heavy atom. The standard InChI is InChI=1S/C10H7N3S/c1-2-4-8-7(3-1)9(13-12-8)10-11-5-6-14-10/h1-6H,(H,12,13). The number of hydrogen-bond donors (Lipinski definition) is 1. The maximum atomic E-state index is 4.26. The quantitative estimate of drug-likeness (QED) is 0.657. The zero-order valence-corrected chi connectivity index (χ0v) is 8.08. The second kappa shape index (κ2) is 2.92. The predicted octanol–water partition coefficient (Wildman–Crippen LogP) is 2.69. The first-order chi connectivity index (χ1) is 6.95. The van der Waals surface area contributed by atoms with Gasteiger partial charge in [0.05, 0.1) is 5.52 Å². The van der Waals surface area contributed by atoms with Crippen molar-refractivity contribution in [2.45, 2.75) is 0 Å². The van der Waals surface area contributed by atoms with Crippen LogP contribution in [0.5, 0.6) is 0 Å². The molecule has 0 amide bonds. The highest BCUT2D eigenvalue weighted by Crippen LogP contribution is 2.26. The third kappa shape index (κ3) is 1.04. The molecule has 0 fully saturated rings. The molecule has 14 heavy (non-hydrogen) atoms. The third-order valence-corrected chi connectivity index (χ3v) is 2.89. The van der Waals surface area contributed by atoms with E-state index in [0.717, 1.165) is 21.6 Å². The van der Waals surface area contributed by atoms with Crippen LogP contribution < -0.4 is 0 Å². The fourth-order valence-corrected chi connectivity index (χ4v) is 2.11. The first-order valence-electron chi connectivity index (χ1n) is 4.28. The summed E-state index contributed by atoms with van der Waals surface area (Å²) < 4.78 is 0. The van der Waals surface area contributed by atoms with E-state index in [9.17, 15) is 0 Å². The van der Waals surface area contributed by atoms with Gasteiger partial charge in [-0.1, -0.05) is 18.2 Å². The van der Waals surface area contributed by atoms with Crippen LogP contribution in [0.2, 0.25) is 0 Å². The summed E-state index contributed by atoms with van der Waals surface area (Å²) in [4.78, 5) is 4.24. The lowest BCUT2D eigenvalue weighted by molar-refractivity contribution is 1.12. The van der Waals surface area contributed by atoms with Gasteiger partial charge in [0.25, 0.3) is 0 Å². The molecule has 0 spiro atoms. The number of para-hydroxylation sites is 1. The number of rotatable bonds is 1. The SMILES string of the molecule is c1ccc2c(-c3nccs3)n[nH]c2c1. The molecule has 4 heteroatoms. The van der Waals surface area contributed by atoms with Gasteiger partial charge in [-0.25, -0.2) is 4.98 Å². The molecule has 3 nitrogen and oxygen atoms in total. The maximum Gasteiger partial charge on any atom is 0.144 e. The Bertz CT molecular complexity index is 554. The number of hydrogen-bond acceptors (Lipinski definition) is 3. The number of H-pyrrole nitrogens is 1. The van der Waals surface area contributed by atoms with E-state index in [0.29, 0.717) is 0 Å². The van der Waals surface area contributed by atoms with Gasteiger partial charge in [0.1, 0.15) is 10.7 Å². The average Bonchev–Trinajstić information content (AvgIpc) is 2.85. The Morgan fingerprint density at radius 2 is 2.14 bits per heavy atom. The van der Waals surface area contributed by atoms with E-state index in [-0.39, 0.29) is 0 Å². The highest BCUT2D eigenvalue weighted by Gasteiger charge is 2.08. The van der Waals surface area contributed by atoms with E-state index in [4.69, 9.17) is 0 Å². The monoisotopic (exact) mass is 201 g/mol. The van der Waals surface area contributed by atoms with Crippen molar-refractivity contribution in [3.05, 3.63) is 35.8 Å². The highest BCUT2D eigenvalue weighted by atomic mass is 32.1. The van der Waals surface area contributed by atoms with Crippen LogP contribution in [0.1, 0.15) is 0 Å². The van der Waals surface area contributed by atoms with Crippen molar-refractivity contribution >= 4 is 22.2 Å². The van der Waals surface area contributed by atoms with E-state index < -0.39 is 0 Å². The summed E-state index contributed by atoms with van der Waals surface area (Å²) in [6.07, 6.45) is 1.80. The first-order valence-corrected chi connectivity index (χ1v) is 5.16. The number of thiazole rings is 1. The Morgan fingerprint density at radius 1 is 1.21 bits per heavy atom. The van der Waals surface area contributed by atoms with E-state index in [1.807, 2.05) is 23.6 Å². The van der Waals surface area contributed by atoms with E-state index in [2.05, 4.69) is 21.2 Å². The molecule has 0 bridgehead atoms. The molecule has 1 aromatic carbocycles. The number of aromatic nitrogens is 3. The zero-order chi connectivity index (χ0) is 9.38. The summed E-state index contributed by atoms with van der Waals surface area (Å²) in [5, 5.41) is 11.3. The van der Waals surface area contributed by atoms with Crippen LogP contribution in [0.15, 0.2) is 35.8 Å². The lowest BCUT2D eigenvalue weighted by Gasteiger charge is -1.89. The lowest BCUT2D eigenvalue weighted by atomic mass is 10.2. The summed E-state index contributed by atoms with van der Waals surface area (Å²) in [6, 6.07) is 8.07. The smallest absolute Gasteiger partial charge is 0.144 e. The minimum absolute atomic E-state index is 0.940. The van der Waals surface area contributed by atoms with Crippen molar-refractivity contribution < 1.29 is 0 Å². The van der Waals surface area contributed by atoms with Crippen molar-refractivity contribution in [2.75, 3.05) is 0 Å². The Kier molecular flexibility index (Phi) is 1.61. The van der Waals surface area contributed by atoms with E-state index in [1.54, 1.807) is 17.5 Å². The molecular formula is C10H7N3S. The van der Waals surface area contributed by atoms with Crippen LogP contribution in [0.4, 0.5) is 0 Å². The largest absolute Gasteiger partial charge is 0.277 e. The van der Waals surface area contributed by atoms with Gasteiger partial charge in [0, 0.05) is 17.0 Å². The molecule has 2 aromatic heterocycles. The van der Waals surface area contributed by atoms with Crippen LogP contribution in [-0.4, -0.2) is 15.2 Å². The molecule has 1 N–H and O–H groups in total. The molecule has 3 rings (SSSR count). The number of nitrogens with zero attached hydrogens (tertiary/aromatic N) is 2. The fourth-order valence-electron chi connectivity index (χ4n) is 1.47. The van der Waals surface area contributed by atoms with E-state index >= 15 is 0 Å². The van der Waals surface area contributed by atoms with Gasteiger partial charge >= 0.3 is 0 Å². The van der Waals surface area contributed by atoms with Crippen LogP contribution in [-0.2, 0) is 0 Å². The minimum atomic E-state index is 0.940. The topological polar surface area (TPSA) is 41.6 Å². The van der Waals surface area contributed by atoms with E-state index in [1.165, 1.54) is 0 Å². The second-order valence-electron chi connectivity index (χ2n) is 2.96. The normalized spacial score (nSPS) is 10.9. The van der Waals surface area contributed by atoms with Crippen LogP contribution >= 0.6 is 11.3 Å². The van der Waals surface area contributed by atoms with Crippen LogP contribution in [0.3, 0.4) is 0 Å². The van der Waals surface area contributed by atoms with Gasteiger partial charge in [-0.15, -0.1) is 11.3 Å². The van der Waals surface area contributed by atoms with Crippen molar-refractivity contribution in [3.8, 4) is 10.7 Å². The number of fused-ring (bicyclic) bond motifs is 1. The Hall–Kier alpha value is -1.68. The Labute approximate surface area is 84.4 Å². The number of aromatic amines is 1. The van der Waals surface area contributed by atoms with Crippen molar-refractivity contribution in [2.24, 2.45) is 0 Å². The van der Waals surface area contributed by atoms with Gasteiger partial charge in [-0.2, -0.15) is 5.10 Å². The maximum absolute atomic E-state index is 4.26. The highest BCUT2D eigenvalue weighted by molar-refractivity contribution is 7.13. The summed E-state index contributed by atoms with van der Waals surface area (Å²) >= 11 is 1.60. The molecule has 3 aromatic rings. The molecule has 0 aliphatic rings. The number of nitrogens with one attached hydrogen (secondary N) is 1. The van der Waals surface area contributed by atoms with Gasteiger partial charge < -0.3 is 0 Å². The Balaban J connectivity index is 2.33. The molecule has 2 heterocycles. The molecule has 0 radical (unpaired) electrons. The van der Waals surface area contributed by atoms with Gasteiger partial charge in [-0.3, -0.25) is 5.10 Å². The average molecular weight is 201 g/mol. The fraction of sp³-hybridized carbons (Fsp3) is 0. The molecule has 0 saturated carbocycles. The molecule has 0 unspecified atom stereocenters. The molecule has 68 valence electrons. The van der Waals surface area contributed by atoms with Crippen molar-refractivity contribution in [1.82, 2.24) is 15.2 Å². The third-order valence-electron chi connectivity index (χ3n) is 2.11. The van der Waals surface area contributed by atoms with Gasteiger partial charge in [0.15, 0.2) is 0 Å². The molecule has 0 saturated heterocycles. The molecule has 0 aliphatic carbocycles. The van der Waals surface area contributed by atoms with Gasteiger partial charge in [-0.05, 0) is 6.07 Å². The first kappa shape index (κ1) is 7.70. The summed E-state index contributed by atoms with van der Waals surface area (Å²) in [6.45, 7) is 0. The molecule has 0 aliphatic heterocycles.